The smallest absolute Gasteiger partial charge is 0.227 e. The Morgan fingerprint density at radius 3 is 2.67 bits per heavy atom. The second-order valence-corrected chi connectivity index (χ2v) is 7.66. The number of benzene rings is 1. The van der Waals surface area contributed by atoms with Crippen LogP contribution in [0.1, 0.15) is 56.9 Å². The van der Waals surface area contributed by atoms with Gasteiger partial charge in [-0.2, -0.15) is 0 Å². The molecular weight excluding hydrogens is 327 g/mol. The molecule has 132 valence electrons. The van der Waals surface area contributed by atoms with Crippen molar-refractivity contribution < 1.29 is 9.18 Å². The van der Waals surface area contributed by atoms with Gasteiger partial charge in [-0.1, -0.05) is 25.3 Å². The number of carbonyl (C=O) groups excluding carboxylic acids is 1. The standard InChI is InChI=1S/C19H25FN2O.ClH/c20-14-6-4-8-16-18(14)19(9-1-2-10-19)12-22(16)17(23)11-13-5-3-7-15(13)21;/h4,6,8,13,15H,1-3,5,7,9-12,21H2;1H/t13-,15+;/m0./s1. The van der Waals surface area contributed by atoms with Gasteiger partial charge in [0.2, 0.25) is 5.91 Å². The fraction of sp³-hybridized carbons (Fsp3) is 0.632. The molecule has 1 aromatic rings. The lowest BCUT2D eigenvalue weighted by atomic mass is 9.80. The Labute approximate surface area is 149 Å². The lowest BCUT2D eigenvalue weighted by Crippen LogP contribution is -2.38. The summed E-state index contributed by atoms with van der Waals surface area (Å²) in [4.78, 5) is 14.8. The zero-order valence-corrected chi connectivity index (χ0v) is 14.8. The molecule has 2 N–H and O–H groups in total. The van der Waals surface area contributed by atoms with E-state index in [9.17, 15) is 9.18 Å². The van der Waals surface area contributed by atoms with Crippen molar-refractivity contribution in [2.45, 2.75) is 62.8 Å². The van der Waals surface area contributed by atoms with Gasteiger partial charge in [0.25, 0.3) is 0 Å². The van der Waals surface area contributed by atoms with E-state index in [1.165, 1.54) is 0 Å². The molecule has 1 aromatic carbocycles. The molecule has 2 atom stereocenters. The average Bonchev–Trinajstić information content (AvgIpc) is 3.23. The highest BCUT2D eigenvalue weighted by molar-refractivity contribution is 5.96. The predicted molar refractivity (Wildman–Crippen MR) is 96.1 cm³/mol. The van der Waals surface area contributed by atoms with Crippen LogP contribution in [0.3, 0.4) is 0 Å². The van der Waals surface area contributed by atoms with Crippen LogP contribution in [0, 0.1) is 11.7 Å². The summed E-state index contributed by atoms with van der Waals surface area (Å²) in [7, 11) is 0. The van der Waals surface area contributed by atoms with E-state index in [1.54, 1.807) is 12.1 Å². The Morgan fingerprint density at radius 2 is 2.00 bits per heavy atom. The molecule has 2 aliphatic carbocycles. The number of carbonyl (C=O) groups is 1. The Balaban J connectivity index is 0.00000169. The fourth-order valence-electron chi connectivity index (χ4n) is 5.07. The Kier molecular flexibility index (Phi) is 4.89. The summed E-state index contributed by atoms with van der Waals surface area (Å²) in [6.07, 6.45) is 7.93. The van der Waals surface area contributed by atoms with Crippen LogP contribution in [0.25, 0.3) is 0 Å². The van der Waals surface area contributed by atoms with E-state index in [0.29, 0.717) is 18.9 Å². The molecule has 24 heavy (non-hydrogen) atoms. The van der Waals surface area contributed by atoms with Crippen LogP contribution in [0.2, 0.25) is 0 Å². The summed E-state index contributed by atoms with van der Waals surface area (Å²) in [5.74, 6) is 0.278. The minimum absolute atomic E-state index is 0. The Morgan fingerprint density at radius 1 is 1.25 bits per heavy atom. The van der Waals surface area contributed by atoms with E-state index in [2.05, 4.69) is 0 Å². The van der Waals surface area contributed by atoms with Crippen LogP contribution in [0.5, 0.6) is 0 Å². The summed E-state index contributed by atoms with van der Waals surface area (Å²) in [6, 6.07) is 5.33. The minimum atomic E-state index is -0.145. The highest BCUT2D eigenvalue weighted by Gasteiger charge is 2.48. The molecule has 4 rings (SSSR count). The summed E-state index contributed by atoms with van der Waals surface area (Å²) in [5, 5.41) is 0. The Hall–Kier alpha value is -1.13. The van der Waals surface area contributed by atoms with Gasteiger partial charge in [0, 0.05) is 30.0 Å². The van der Waals surface area contributed by atoms with Gasteiger partial charge in [0.05, 0.1) is 5.69 Å². The molecule has 0 bridgehead atoms. The number of anilines is 1. The summed E-state index contributed by atoms with van der Waals surface area (Å²) < 4.78 is 14.5. The molecule has 1 heterocycles. The number of hydrogen-bond donors (Lipinski definition) is 1. The van der Waals surface area contributed by atoms with E-state index in [4.69, 9.17) is 5.73 Å². The number of hydrogen-bond acceptors (Lipinski definition) is 2. The maximum Gasteiger partial charge on any atom is 0.227 e. The van der Waals surface area contributed by atoms with Crippen LogP contribution in [0.4, 0.5) is 10.1 Å². The third-order valence-corrected chi connectivity index (χ3v) is 6.29. The maximum atomic E-state index is 14.5. The summed E-state index contributed by atoms with van der Waals surface area (Å²) in [6.45, 7) is 0.657. The molecule has 0 saturated heterocycles. The van der Waals surface area contributed by atoms with Gasteiger partial charge in [-0.15, -0.1) is 12.4 Å². The van der Waals surface area contributed by atoms with E-state index >= 15 is 0 Å². The van der Waals surface area contributed by atoms with Crippen molar-refractivity contribution in [1.29, 1.82) is 0 Å². The molecule has 1 amide bonds. The number of amides is 1. The zero-order valence-electron chi connectivity index (χ0n) is 14.0. The van der Waals surface area contributed by atoms with Crippen molar-refractivity contribution in [3.63, 3.8) is 0 Å². The number of nitrogens with zero attached hydrogens (tertiary/aromatic N) is 1. The van der Waals surface area contributed by atoms with E-state index < -0.39 is 0 Å². The molecule has 1 aliphatic heterocycles. The van der Waals surface area contributed by atoms with Crippen molar-refractivity contribution >= 4 is 24.0 Å². The second kappa shape index (κ2) is 6.64. The average molecular weight is 353 g/mol. The number of fused-ring (bicyclic) bond motifs is 2. The van der Waals surface area contributed by atoms with Crippen LogP contribution < -0.4 is 10.6 Å². The molecular formula is C19H26ClFN2O. The Bertz CT molecular complexity index is 630. The van der Waals surface area contributed by atoms with Crippen molar-refractivity contribution in [3.05, 3.63) is 29.6 Å². The first kappa shape index (κ1) is 17.7. The van der Waals surface area contributed by atoms with Gasteiger partial charge >= 0.3 is 0 Å². The third kappa shape index (κ3) is 2.74. The third-order valence-electron chi connectivity index (χ3n) is 6.29. The highest BCUT2D eigenvalue weighted by atomic mass is 35.5. The normalized spacial score (nSPS) is 27.3. The van der Waals surface area contributed by atoms with Crippen LogP contribution in [-0.2, 0) is 10.2 Å². The van der Waals surface area contributed by atoms with Gasteiger partial charge in [-0.05, 0) is 43.7 Å². The second-order valence-electron chi connectivity index (χ2n) is 7.66. The van der Waals surface area contributed by atoms with E-state index in [-0.39, 0.29) is 35.6 Å². The number of nitrogens with two attached hydrogens (primary N) is 1. The number of rotatable bonds is 2. The quantitative estimate of drug-likeness (QED) is 0.876. The van der Waals surface area contributed by atoms with Gasteiger partial charge in [0.15, 0.2) is 0 Å². The molecule has 0 unspecified atom stereocenters. The first-order valence-corrected chi connectivity index (χ1v) is 8.96. The largest absolute Gasteiger partial charge is 0.327 e. The van der Waals surface area contributed by atoms with Gasteiger partial charge in [-0.25, -0.2) is 4.39 Å². The minimum Gasteiger partial charge on any atom is -0.327 e. The molecule has 0 aromatic heterocycles. The first-order valence-electron chi connectivity index (χ1n) is 8.96. The molecule has 0 radical (unpaired) electrons. The molecule has 5 heteroatoms. The van der Waals surface area contributed by atoms with Crippen LogP contribution >= 0.6 is 12.4 Å². The van der Waals surface area contributed by atoms with Crippen LogP contribution in [-0.4, -0.2) is 18.5 Å². The van der Waals surface area contributed by atoms with E-state index in [0.717, 1.165) is 56.2 Å². The summed E-state index contributed by atoms with van der Waals surface area (Å²) in [5.41, 5.74) is 7.59. The van der Waals surface area contributed by atoms with Gasteiger partial charge in [0.1, 0.15) is 5.82 Å². The molecule has 2 fully saturated rings. The van der Waals surface area contributed by atoms with E-state index in [1.807, 2.05) is 11.0 Å². The highest BCUT2D eigenvalue weighted by Crippen LogP contribution is 2.51. The fourth-order valence-corrected chi connectivity index (χ4v) is 5.07. The molecule has 2 saturated carbocycles. The molecule has 3 aliphatic rings. The SMILES string of the molecule is Cl.N[C@@H]1CCC[C@H]1CC(=O)N1CC2(CCCC2)c2c(F)cccc21. The van der Waals surface area contributed by atoms with Gasteiger partial charge < -0.3 is 10.6 Å². The molecule has 3 nitrogen and oxygen atoms in total. The summed E-state index contributed by atoms with van der Waals surface area (Å²) >= 11 is 0. The van der Waals surface area contributed by atoms with Gasteiger partial charge in [-0.3, -0.25) is 4.79 Å². The lowest BCUT2D eigenvalue weighted by molar-refractivity contribution is -0.119. The number of halogens is 2. The zero-order chi connectivity index (χ0) is 16.0. The maximum absolute atomic E-state index is 14.5. The predicted octanol–water partition coefficient (Wildman–Crippen LogP) is 3.92. The molecule has 1 spiro atoms. The van der Waals surface area contributed by atoms with Crippen LogP contribution in [0.15, 0.2) is 18.2 Å². The lowest BCUT2D eigenvalue weighted by Gasteiger charge is -2.26. The first-order chi connectivity index (χ1) is 11.1. The van der Waals surface area contributed by atoms with Crippen molar-refractivity contribution in [3.8, 4) is 0 Å². The van der Waals surface area contributed by atoms with Crippen molar-refractivity contribution in [2.24, 2.45) is 11.7 Å². The van der Waals surface area contributed by atoms with Crippen molar-refractivity contribution in [1.82, 2.24) is 0 Å². The monoisotopic (exact) mass is 352 g/mol. The van der Waals surface area contributed by atoms with Crippen molar-refractivity contribution in [2.75, 3.05) is 11.4 Å². The topological polar surface area (TPSA) is 46.3 Å².